The molecule has 2 fully saturated rings. The van der Waals surface area contributed by atoms with Gasteiger partial charge in [-0.3, -0.25) is 0 Å². The smallest absolute Gasteiger partial charge is 0.0624 e. The minimum Gasteiger partial charge on any atom is -0.369 e. The van der Waals surface area contributed by atoms with E-state index < -0.39 is 0 Å². The van der Waals surface area contributed by atoms with Crippen molar-refractivity contribution in [2.45, 2.75) is 18.9 Å². The molecule has 1 aromatic heterocycles. The van der Waals surface area contributed by atoms with Crippen LogP contribution in [-0.4, -0.2) is 30.7 Å². The number of piperidine rings is 1. The van der Waals surface area contributed by atoms with E-state index in [-0.39, 0.29) is 0 Å². The number of benzene rings is 1. The van der Waals surface area contributed by atoms with Gasteiger partial charge in [0.25, 0.3) is 0 Å². The maximum absolute atomic E-state index is 3.63. The lowest BCUT2D eigenvalue weighted by molar-refractivity contribution is 0.377. The molecule has 2 atom stereocenters. The maximum atomic E-state index is 3.63. The molecule has 0 spiro atoms. The normalized spacial score (nSPS) is 27.7. The number of H-pyrrole nitrogens is 1. The Morgan fingerprint density at radius 3 is 3.11 bits per heavy atom. The average molecular weight is 241 g/mol. The zero-order valence-electron chi connectivity index (χ0n) is 10.5. The van der Waals surface area contributed by atoms with E-state index in [4.69, 9.17) is 0 Å². The van der Waals surface area contributed by atoms with Crippen LogP contribution in [0.5, 0.6) is 0 Å². The molecule has 3 nitrogen and oxygen atoms in total. The van der Waals surface area contributed by atoms with Gasteiger partial charge in [0.05, 0.1) is 5.69 Å². The molecule has 0 saturated carbocycles. The van der Waals surface area contributed by atoms with Crippen molar-refractivity contribution < 1.29 is 0 Å². The first-order valence-electron chi connectivity index (χ1n) is 6.96. The summed E-state index contributed by atoms with van der Waals surface area (Å²) in [6, 6.07) is 9.37. The Kier molecular flexibility index (Phi) is 2.33. The summed E-state index contributed by atoms with van der Waals surface area (Å²) in [4.78, 5) is 5.95. The van der Waals surface area contributed by atoms with Gasteiger partial charge in [-0.2, -0.15) is 0 Å². The number of aromatic amines is 1. The van der Waals surface area contributed by atoms with Gasteiger partial charge in [0.2, 0.25) is 0 Å². The molecule has 2 N–H and O–H groups in total. The fourth-order valence-corrected chi connectivity index (χ4v) is 3.58. The Labute approximate surface area is 107 Å². The van der Waals surface area contributed by atoms with Crippen molar-refractivity contribution in [3.8, 4) is 0 Å². The standard InChI is InChI=1S/C15H19N3/c1-2-4-14-12(3-1)15(9-17-14)18-8-6-13-11(10-18)5-7-16-13/h1-4,9,11,13,16-17H,5-8,10H2. The first-order valence-corrected chi connectivity index (χ1v) is 6.96. The molecular weight excluding hydrogens is 222 g/mol. The van der Waals surface area contributed by atoms with E-state index in [1.165, 1.54) is 49.1 Å². The van der Waals surface area contributed by atoms with Gasteiger partial charge in [-0.1, -0.05) is 18.2 Å². The maximum Gasteiger partial charge on any atom is 0.0624 e. The van der Waals surface area contributed by atoms with E-state index in [1.807, 2.05) is 0 Å². The third-order valence-corrected chi connectivity index (χ3v) is 4.56. The lowest BCUT2D eigenvalue weighted by atomic mass is 9.93. The molecule has 0 radical (unpaired) electrons. The number of hydrogen-bond acceptors (Lipinski definition) is 2. The minimum absolute atomic E-state index is 0.770. The summed E-state index contributed by atoms with van der Waals surface area (Å²) in [6.07, 6.45) is 4.79. The summed E-state index contributed by atoms with van der Waals surface area (Å²) in [5.41, 5.74) is 2.63. The molecule has 18 heavy (non-hydrogen) atoms. The topological polar surface area (TPSA) is 31.1 Å². The summed E-state index contributed by atoms with van der Waals surface area (Å²) in [5.74, 6) is 0.840. The van der Waals surface area contributed by atoms with Crippen LogP contribution in [0, 0.1) is 5.92 Å². The lowest BCUT2D eigenvalue weighted by Crippen LogP contribution is -2.44. The second-order valence-electron chi connectivity index (χ2n) is 5.56. The molecule has 2 aliphatic heterocycles. The average Bonchev–Trinajstić information content (AvgIpc) is 3.04. The van der Waals surface area contributed by atoms with Gasteiger partial charge in [0.1, 0.15) is 0 Å². The number of hydrogen-bond donors (Lipinski definition) is 2. The van der Waals surface area contributed by atoms with E-state index in [0.717, 1.165) is 12.0 Å². The Hall–Kier alpha value is -1.48. The molecule has 0 bridgehead atoms. The number of para-hydroxylation sites is 1. The number of nitrogens with one attached hydrogen (secondary N) is 2. The number of nitrogens with zero attached hydrogens (tertiary/aromatic N) is 1. The molecule has 2 unspecified atom stereocenters. The van der Waals surface area contributed by atoms with Gasteiger partial charge < -0.3 is 15.2 Å². The molecular formula is C15H19N3. The molecule has 1 aromatic carbocycles. The van der Waals surface area contributed by atoms with E-state index in [2.05, 4.69) is 45.7 Å². The Morgan fingerprint density at radius 1 is 1.17 bits per heavy atom. The van der Waals surface area contributed by atoms with Crippen molar-refractivity contribution in [3.05, 3.63) is 30.5 Å². The Morgan fingerprint density at radius 2 is 2.11 bits per heavy atom. The SMILES string of the molecule is c1ccc2c(N3CCC4NCCC4C3)c[nH]c2c1. The quantitative estimate of drug-likeness (QED) is 0.803. The van der Waals surface area contributed by atoms with E-state index >= 15 is 0 Å². The van der Waals surface area contributed by atoms with Crippen LogP contribution < -0.4 is 10.2 Å². The molecule has 94 valence electrons. The van der Waals surface area contributed by atoms with Gasteiger partial charge in [-0.25, -0.2) is 0 Å². The summed E-state index contributed by atoms with van der Waals surface area (Å²) >= 11 is 0. The summed E-state index contributed by atoms with van der Waals surface area (Å²) in [6.45, 7) is 3.59. The van der Waals surface area contributed by atoms with Crippen molar-refractivity contribution in [1.29, 1.82) is 0 Å². The molecule has 2 aliphatic rings. The predicted octanol–water partition coefficient (Wildman–Crippen LogP) is 2.36. The van der Waals surface area contributed by atoms with Crippen LogP contribution >= 0.6 is 0 Å². The first kappa shape index (κ1) is 10.4. The molecule has 0 aliphatic carbocycles. The number of aromatic nitrogens is 1. The van der Waals surface area contributed by atoms with Crippen molar-refractivity contribution in [1.82, 2.24) is 10.3 Å². The van der Waals surface area contributed by atoms with Crippen LogP contribution in [0.2, 0.25) is 0 Å². The predicted molar refractivity (Wildman–Crippen MR) is 75.0 cm³/mol. The molecule has 2 saturated heterocycles. The fraction of sp³-hybridized carbons (Fsp3) is 0.467. The highest BCUT2D eigenvalue weighted by Gasteiger charge is 2.33. The third kappa shape index (κ3) is 1.54. The highest BCUT2D eigenvalue weighted by molar-refractivity contribution is 5.92. The van der Waals surface area contributed by atoms with Gasteiger partial charge in [0.15, 0.2) is 0 Å². The second-order valence-corrected chi connectivity index (χ2v) is 5.56. The van der Waals surface area contributed by atoms with Crippen molar-refractivity contribution in [2.24, 2.45) is 5.92 Å². The zero-order chi connectivity index (χ0) is 11.9. The Balaban J connectivity index is 1.67. The number of fused-ring (bicyclic) bond motifs is 2. The van der Waals surface area contributed by atoms with Crippen LogP contribution in [-0.2, 0) is 0 Å². The molecule has 2 aromatic rings. The number of rotatable bonds is 1. The van der Waals surface area contributed by atoms with Crippen molar-refractivity contribution in [3.63, 3.8) is 0 Å². The van der Waals surface area contributed by atoms with Crippen molar-refractivity contribution >= 4 is 16.6 Å². The van der Waals surface area contributed by atoms with Gasteiger partial charge in [-0.15, -0.1) is 0 Å². The van der Waals surface area contributed by atoms with Crippen LogP contribution in [0.15, 0.2) is 30.5 Å². The fourth-order valence-electron chi connectivity index (χ4n) is 3.58. The van der Waals surface area contributed by atoms with E-state index in [9.17, 15) is 0 Å². The van der Waals surface area contributed by atoms with E-state index in [1.54, 1.807) is 0 Å². The summed E-state index contributed by atoms with van der Waals surface area (Å²) in [7, 11) is 0. The van der Waals surface area contributed by atoms with Crippen LogP contribution in [0.3, 0.4) is 0 Å². The minimum atomic E-state index is 0.770. The van der Waals surface area contributed by atoms with Crippen molar-refractivity contribution in [2.75, 3.05) is 24.5 Å². The van der Waals surface area contributed by atoms with Crippen LogP contribution in [0.1, 0.15) is 12.8 Å². The van der Waals surface area contributed by atoms with Gasteiger partial charge in [-0.05, 0) is 31.4 Å². The van der Waals surface area contributed by atoms with Crippen LogP contribution in [0.4, 0.5) is 5.69 Å². The van der Waals surface area contributed by atoms with Gasteiger partial charge in [0, 0.05) is 36.2 Å². The molecule has 3 heteroatoms. The first-order chi connectivity index (χ1) is 8.92. The molecule has 3 heterocycles. The highest BCUT2D eigenvalue weighted by Crippen LogP contribution is 2.32. The summed E-state index contributed by atoms with van der Waals surface area (Å²) in [5, 5.41) is 4.99. The summed E-state index contributed by atoms with van der Waals surface area (Å²) < 4.78 is 0. The number of anilines is 1. The Bertz CT molecular complexity index is 560. The molecule has 4 rings (SSSR count). The largest absolute Gasteiger partial charge is 0.369 e. The third-order valence-electron chi connectivity index (χ3n) is 4.56. The lowest BCUT2D eigenvalue weighted by Gasteiger charge is -2.36. The van der Waals surface area contributed by atoms with Gasteiger partial charge >= 0.3 is 0 Å². The van der Waals surface area contributed by atoms with E-state index in [0.29, 0.717) is 0 Å². The monoisotopic (exact) mass is 241 g/mol. The highest BCUT2D eigenvalue weighted by atomic mass is 15.2. The second kappa shape index (κ2) is 4.02. The zero-order valence-corrected chi connectivity index (χ0v) is 10.5. The molecule has 0 amide bonds. The van der Waals surface area contributed by atoms with Crippen LogP contribution in [0.25, 0.3) is 10.9 Å².